The predicted octanol–water partition coefficient (Wildman–Crippen LogP) is 3.96. The summed E-state index contributed by atoms with van der Waals surface area (Å²) in [6.45, 7) is 0.703. The second-order valence-electron chi connectivity index (χ2n) is 10.7. The predicted molar refractivity (Wildman–Crippen MR) is 192 cm³/mol. The Hall–Kier alpha value is -4.12. The fourth-order valence-electron chi connectivity index (χ4n) is 4.62. The molecule has 0 aliphatic carbocycles. The molecule has 2 aromatic carbocycles. The van der Waals surface area contributed by atoms with Gasteiger partial charge in [0, 0.05) is 37.1 Å². The molecule has 0 aromatic heterocycles. The summed E-state index contributed by atoms with van der Waals surface area (Å²) < 4.78 is 0.722. The number of nitrogens with zero attached hydrogens (tertiary/aromatic N) is 2. The number of hydrazine groups is 2. The van der Waals surface area contributed by atoms with E-state index < -0.39 is 11.8 Å². The molecule has 0 atom stereocenters. The first-order chi connectivity index (χ1) is 23.2. The van der Waals surface area contributed by atoms with E-state index in [0.717, 1.165) is 23.5 Å². The molecule has 2 saturated heterocycles. The molecule has 0 saturated carbocycles. The van der Waals surface area contributed by atoms with Crippen molar-refractivity contribution in [3.63, 3.8) is 0 Å². The smallest absolute Gasteiger partial charge is 0.269 e. The Labute approximate surface area is 297 Å². The zero-order valence-electron chi connectivity index (χ0n) is 25.8. The molecule has 2 fully saturated rings. The van der Waals surface area contributed by atoms with Gasteiger partial charge in [-0.1, -0.05) is 97.2 Å². The van der Waals surface area contributed by atoms with Crippen LogP contribution < -0.4 is 21.7 Å². The highest BCUT2D eigenvalue weighted by molar-refractivity contribution is 8.29. The second-order valence-corrected chi connectivity index (χ2v) is 14.0. The average molecular weight is 727 g/mol. The van der Waals surface area contributed by atoms with Crippen LogP contribution >= 0.6 is 48.0 Å². The van der Waals surface area contributed by atoms with Gasteiger partial charge in [0.05, 0.1) is 9.81 Å². The van der Waals surface area contributed by atoms with Crippen LogP contribution in [0.2, 0.25) is 0 Å². The zero-order chi connectivity index (χ0) is 34.5. The molecule has 0 bridgehead atoms. The van der Waals surface area contributed by atoms with Crippen LogP contribution in [0.5, 0.6) is 0 Å². The number of carbonyl (C=O) groups excluding carboxylic acids is 6. The van der Waals surface area contributed by atoms with Gasteiger partial charge in [-0.15, -0.1) is 0 Å². The summed E-state index contributed by atoms with van der Waals surface area (Å²) in [7, 11) is 0. The van der Waals surface area contributed by atoms with Crippen LogP contribution in [0.15, 0.2) is 70.5 Å². The summed E-state index contributed by atoms with van der Waals surface area (Å²) >= 11 is 13.0. The molecule has 16 heteroatoms. The van der Waals surface area contributed by atoms with E-state index in [4.69, 9.17) is 24.4 Å². The first-order valence-corrected chi connectivity index (χ1v) is 17.7. The van der Waals surface area contributed by atoms with Crippen LogP contribution in [0, 0.1) is 0 Å². The average Bonchev–Trinajstić information content (AvgIpc) is 3.54. The van der Waals surface area contributed by atoms with E-state index in [9.17, 15) is 28.8 Å². The van der Waals surface area contributed by atoms with Crippen LogP contribution in [0.4, 0.5) is 0 Å². The van der Waals surface area contributed by atoms with Gasteiger partial charge in [0.15, 0.2) is 0 Å². The Morgan fingerprint density at radius 1 is 0.542 bits per heavy atom. The molecule has 2 aliphatic rings. The highest BCUT2D eigenvalue weighted by Gasteiger charge is 2.41. The van der Waals surface area contributed by atoms with E-state index in [0.29, 0.717) is 71.4 Å². The van der Waals surface area contributed by atoms with Gasteiger partial charge >= 0.3 is 0 Å². The third-order valence-electron chi connectivity index (χ3n) is 7.18. The van der Waals surface area contributed by atoms with Gasteiger partial charge in [0.1, 0.15) is 8.64 Å². The van der Waals surface area contributed by atoms with Crippen molar-refractivity contribution >= 4 is 92.0 Å². The SMILES string of the molecule is O=C(CCCCCN1C(=O)C(=C2SC(=S)N(CCCCCC(=O)NNC(=O)c3ccccc3)C2=O)SC1=S)NNC(=O)c1ccccc1. The molecule has 2 aromatic rings. The van der Waals surface area contributed by atoms with Crippen molar-refractivity contribution < 1.29 is 28.8 Å². The molecule has 2 heterocycles. The minimum Gasteiger partial charge on any atom is -0.293 e. The lowest BCUT2D eigenvalue weighted by Crippen LogP contribution is -2.41. The first-order valence-electron chi connectivity index (χ1n) is 15.3. The summed E-state index contributed by atoms with van der Waals surface area (Å²) in [5.41, 5.74) is 10.4. The number of thiocarbonyl (C=S) groups is 2. The van der Waals surface area contributed by atoms with Gasteiger partial charge in [-0.25, -0.2) is 0 Å². The van der Waals surface area contributed by atoms with Crippen molar-refractivity contribution in [1.82, 2.24) is 31.5 Å². The highest BCUT2D eigenvalue weighted by Crippen LogP contribution is 2.42. The number of hydrogen-bond donors (Lipinski definition) is 4. The Balaban J connectivity index is 1.12. The highest BCUT2D eigenvalue weighted by atomic mass is 32.2. The van der Waals surface area contributed by atoms with E-state index in [1.54, 1.807) is 60.7 Å². The minimum absolute atomic E-state index is 0.204. The van der Waals surface area contributed by atoms with Crippen LogP contribution in [-0.4, -0.2) is 67.0 Å². The summed E-state index contributed by atoms with van der Waals surface area (Å²) in [5.74, 6) is -2.11. The number of rotatable bonds is 14. The minimum atomic E-state index is -0.402. The van der Waals surface area contributed by atoms with E-state index in [1.165, 1.54) is 9.80 Å². The Kier molecular flexibility index (Phi) is 14.1. The van der Waals surface area contributed by atoms with Crippen LogP contribution in [0.25, 0.3) is 0 Å². The third kappa shape index (κ3) is 10.4. The number of unbranched alkanes of at least 4 members (excludes halogenated alkanes) is 4. The van der Waals surface area contributed by atoms with E-state index in [-0.39, 0.29) is 46.3 Å². The van der Waals surface area contributed by atoms with Crippen LogP contribution in [0.1, 0.15) is 72.1 Å². The number of carbonyl (C=O) groups is 6. The van der Waals surface area contributed by atoms with Gasteiger partial charge in [-0.3, -0.25) is 60.3 Å². The Morgan fingerprint density at radius 3 is 1.29 bits per heavy atom. The van der Waals surface area contributed by atoms with Crippen molar-refractivity contribution in [3.05, 3.63) is 81.6 Å². The maximum atomic E-state index is 13.2. The normalized spacial score (nSPS) is 15.9. The van der Waals surface area contributed by atoms with Gasteiger partial charge in [-0.2, -0.15) is 0 Å². The molecule has 0 radical (unpaired) electrons. The number of hydrogen-bond acceptors (Lipinski definition) is 10. The van der Waals surface area contributed by atoms with Crippen LogP contribution in [0.3, 0.4) is 0 Å². The lowest BCUT2D eigenvalue weighted by atomic mass is 10.2. The largest absolute Gasteiger partial charge is 0.293 e. The number of amides is 6. The zero-order valence-corrected chi connectivity index (χ0v) is 29.1. The topological polar surface area (TPSA) is 157 Å². The molecule has 4 rings (SSSR count). The monoisotopic (exact) mass is 726 g/mol. The van der Waals surface area contributed by atoms with Crippen molar-refractivity contribution in [2.45, 2.75) is 51.4 Å². The molecule has 6 amide bonds. The molecular formula is C32H34N6O6S4. The van der Waals surface area contributed by atoms with E-state index in [2.05, 4.69) is 21.7 Å². The second kappa shape index (κ2) is 18.4. The van der Waals surface area contributed by atoms with Crippen molar-refractivity contribution in [2.24, 2.45) is 0 Å². The van der Waals surface area contributed by atoms with Gasteiger partial charge in [0.2, 0.25) is 11.8 Å². The van der Waals surface area contributed by atoms with Gasteiger partial charge < -0.3 is 0 Å². The summed E-state index contributed by atoms with van der Waals surface area (Å²) in [4.78, 5) is 78.1. The molecular weight excluding hydrogens is 693 g/mol. The molecule has 4 N–H and O–H groups in total. The standard InChI is InChI=1S/C32H34N6O6S4/c39-23(33-35-27(41)21-13-5-1-6-14-21)17-9-3-11-19-37-29(43)25(47-31(37)45)26-30(44)38(32(46)48-26)20-12-4-10-18-24(40)34-36-28(42)22-15-7-2-8-16-22/h1-2,5-8,13-16H,3-4,9-12,17-20H2,(H,33,39)(H,34,40)(H,35,41)(H,36,42). The quantitative estimate of drug-likeness (QED) is 0.0973. The van der Waals surface area contributed by atoms with Crippen molar-refractivity contribution in [1.29, 1.82) is 0 Å². The van der Waals surface area contributed by atoms with Crippen LogP contribution in [-0.2, 0) is 19.2 Å². The van der Waals surface area contributed by atoms with E-state index in [1.807, 2.05) is 0 Å². The first kappa shape index (κ1) is 36.7. The number of thioether (sulfide) groups is 2. The summed E-state index contributed by atoms with van der Waals surface area (Å²) in [5, 5.41) is 0. The maximum absolute atomic E-state index is 13.2. The molecule has 12 nitrogen and oxygen atoms in total. The van der Waals surface area contributed by atoms with Gasteiger partial charge in [-0.05, 0) is 49.9 Å². The van der Waals surface area contributed by atoms with E-state index >= 15 is 0 Å². The van der Waals surface area contributed by atoms with Crippen molar-refractivity contribution in [2.75, 3.05) is 13.1 Å². The third-order valence-corrected chi connectivity index (χ3v) is 10.2. The Morgan fingerprint density at radius 2 is 0.917 bits per heavy atom. The lowest BCUT2D eigenvalue weighted by Gasteiger charge is -2.14. The lowest BCUT2D eigenvalue weighted by molar-refractivity contribution is -0.124. The van der Waals surface area contributed by atoms with Crippen molar-refractivity contribution in [3.8, 4) is 0 Å². The molecule has 2 aliphatic heterocycles. The molecule has 0 unspecified atom stereocenters. The Bertz CT molecular complexity index is 1490. The fraction of sp³-hybridized carbons (Fsp3) is 0.312. The molecule has 48 heavy (non-hydrogen) atoms. The maximum Gasteiger partial charge on any atom is 0.269 e. The number of benzene rings is 2. The number of nitrogens with one attached hydrogen (secondary N) is 4. The fourth-order valence-corrected chi connectivity index (χ4v) is 7.39. The summed E-state index contributed by atoms with van der Waals surface area (Å²) in [6.07, 6.45) is 4.01. The molecule has 252 valence electrons. The summed E-state index contributed by atoms with van der Waals surface area (Å²) in [6, 6.07) is 17.1. The van der Waals surface area contributed by atoms with Gasteiger partial charge in [0.25, 0.3) is 23.6 Å². The molecule has 0 spiro atoms.